The summed E-state index contributed by atoms with van der Waals surface area (Å²) in [6.07, 6.45) is 1.26. The van der Waals surface area contributed by atoms with E-state index < -0.39 is 0 Å². The number of methoxy groups -OCH3 is 4. The zero-order chi connectivity index (χ0) is 43.0. The summed E-state index contributed by atoms with van der Waals surface area (Å²) in [6, 6.07) is 36.1. The van der Waals surface area contributed by atoms with Crippen molar-refractivity contribution in [2.45, 2.75) is 26.7 Å². The first-order chi connectivity index (χ1) is 30.3. The third-order valence-electron chi connectivity index (χ3n) is 10.1. The van der Waals surface area contributed by atoms with Crippen molar-refractivity contribution >= 4 is 11.6 Å². The van der Waals surface area contributed by atoms with Gasteiger partial charge in [-0.3, -0.25) is 10.0 Å². The highest BCUT2D eigenvalue weighted by molar-refractivity contribution is 5.72. The molecule has 0 bridgehead atoms. The Morgan fingerprint density at radius 2 is 1.03 bits per heavy atom. The highest BCUT2D eigenvalue weighted by Crippen LogP contribution is 2.33. The van der Waals surface area contributed by atoms with Crippen molar-refractivity contribution in [3.8, 4) is 68.9 Å². The monoisotopic (exact) mass is 831 g/mol. The lowest BCUT2D eigenvalue weighted by molar-refractivity contribution is 0.378. The molecule has 4 aromatic carbocycles. The summed E-state index contributed by atoms with van der Waals surface area (Å²) >= 11 is 0. The van der Waals surface area contributed by atoms with Crippen LogP contribution in [0.5, 0.6) is 23.5 Å². The van der Waals surface area contributed by atoms with E-state index in [1.54, 1.807) is 35.4 Å². The van der Waals surface area contributed by atoms with Crippen LogP contribution in [0.4, 0.5) is 11.6 Å². The van der Waals surface area contributed by atoms with Crippen molar-refractivity contribution in [3.63, 3.8) is 0 Å². The minimum atomic E-state index is 0.182. The van der Waals surface area contributed by atoms with Gasteiger partial charge in [0.05, 0.1) is 39.8 Å². The Labute approximate surface area is 358 Å². The highest BCUT2D eigenvalue weighted by Gasteiger charge is 2.25. The molecule has 8 aromatic rings. The number of hydrogen-bond donors (Lipinski definition) is 1. The number of aryl methyl sites for hydroxylation is 2. The van der Waals surface area contributed by atoms with Gasteiger partial charge in [0.2, 0.25) is 0 Å². The fourth-order valence-corrected chi connectivity index (χ4v) is 6.87. The van der Waals surface area contributed by atoms with Crippen LogP contribution < -0.4 is 29.0 Å². The number of nitrogens with one attached hydrogen (secondary N) is 1. The van der Waals surface area contributed by atoms with Crippen molar-refractivity contribution in [3.05, 3.63) is 132 Å². The molecular weight excluding hydrogens is 787 g/mol. The van der Waals surface area contributed by atoms with Crippen LogP contribution in [0, 0.1) is 13.8 Å². The Hall–Kier alpha value is -7.88. The van der Waals surface area contributed by atoms with E-state index in [2.05, 4.69) is 59.6 Å². The number of hydrogen-bond acceptors (Lipinski definition) is 15. The molecule has 0 amide bonds. The molecule has 16 nitrogen and oxygen atoms in total. The molecule has 16 heteroatoms. The Bertz CT molecular complexity index is 2570. The molecule has 0 atom stereocenters. The first-order valence-corrected chi connectivity index (χ1v) is 19.9. The predicted octanol–water partition coefficient (Wildman–Crippen LogP) is 7.80. The molecule has 4 heterocycles. The van der Waals surface area contributed by atoms with Crippen LogP contribution in [-0.4, -0.2) is 86.8 Å². The van der Waals surface area contributed by atoms with Crippen LogP contribution in [0.3, 0.4) is 0 Å². The van der Waals surface area contributed by atoms with Crippen molar-refractivity contribution in [1.29, 1.82) is 0 Å². The largest absolute Gasteiger partial charge is 0.497 e. The molecule has 314 valence electrons. The van der Waals surface area contributed by atoms with E-state index in [1.165, 1.54) is 0 Å². The summed E-state index contributed by atoms with van der Waals surface area (Å²) in [5, 5.41) is 16.7. The number of ether oxygens (including phenoxy) is 4. The summed E-state index contributed by atoms with van der Waals surface area (Å²) in [6.45, 7) is 4.59. The highest BCUT2D eigenvalue weighted by atomic mass is 16.5. The van der Waals surface area contributed by atoms with E-state index in [4.69, 9.17) is 43.4 Å². The van der Waals surface area contributed by atoms with E-state index in [0.717, 1.165) is 50.7 Å². The van der Waals surface area contributed by atoms with Gasteiger partial charge in [0, 0.05) is 47.5 Å². The minimum absolute atomic E-state index is 0.182. The number of rotatable bonds is 17. The SMILES string of the molecule is COc1ccc(CCN(c2cc(-c3cccc(-c4nnc(C)[nH]4)c3)nc(OC)n2)N(CCc2ccc(OC)cc2)c2cc(-c3cccc(-c4nc(C)no4)c3)nc(OC)n2)cc1. The lowest BCUT2D eigenvalue weighted by Gasteiger charge is -2.37. The fourth-order valence-electron chi connectivity index (χ4n) is 6.87. The normalized spacial score (nSPS) is 11.0. The first kappa shape index (κ1) is 40.9. The van der Waals surface area contributed by atoms with Gasteiger partial charge in [0.1, 0.15) is 17.3 Å². The molecule has 0 unspecified atom stereocenters. The molecule has 0 saturated heterocycles. The van der Waals surface area contributed by atoms with Gasteiger partial charge in [-0.1, -0.05) is 59.8 Å². The van der Waals surface area contributed by atoms with Crippen molar-refractivity contribution in [2.24, 2.45) is 0 Å². The maximum atomic E-state index is 5.79. The van der Waals surface area contributed by atoms with Gasteiger partial charge in [0.25, 0.3) is 5.89 Å². The lowest BCUT2D eigenvalue weighted by atomic mass is 10.1. The molecule has 0 fully saturated rings. The fraction of sp³-hybridized carbons (Fsp3) is 0.217. The summed E-state index contributed by atoms with van der Waals surface area (Å²) in [5.74, 6) is 5.02. The third kappa shape index (κ3) is 9.44. The van der Waals surface area contributed by atoms with E-state index in [-0.39, 0.29) is 12.0 Å². The molecule has 0 radical (unpaired) electrons. The van der Waals surface area contributed by atoms with Crippen LogP contribution in [0.1, 0.15) is 22.8 Å². The zero-order valence-electron chi connectivity index (χ0n) is 35.2. The van der Waals surface area contributed by atoms with E-state index in [0.29, 0.717) is 66.5 Å². The molecule has 62 heavy (non-hydrogen) atoms. The van der Waals surface area contributed by atoms with Gasteiger partial charge >= 0.3 is 12.0 Å². The second kappa shape index (κ2) is 18.6. The number of aromatic amines is 1. The van der Waals surface area contributed by atoms with Crippen LogP contribution in [0.25, 0.3) is 45.4 Å². The number of nitrogens with zero attached hydrogens (tertiary/aromatic N) is 10. The zero-order valence-corrected chi connectivity index (χ0v) is 35.2. The summed E-state index contributed by atoms with van der Waals surface area (Å²) in [4.78, 5) is 27.3. The summed E-state index contributed by atoms with van der Waals surface area (Å²) in [5.41, 5.74) is 6.69. The smallest absolute Gasteiger partial charge is 0.318 e. The van der Waals surface area contributed by atoms with Gasteiger partial charge in [0.15, 0.2) is 23.3 Å². The van der Waals surface area contributed by atoms with Gasteiger partial charge in [-0.15, -0.1) is 10.2 Å². The molecule has 0 spiro atoms. The van der Waals surface area contributed by atoms with E-state index in [9.17, 15) is 0 Å². The maximum Gasteiger partial charge on any atom is 0.318 e. The molecule has 4 aromatic heterocycles. The Morgan fingerprint density at radius 3 is 1.48 bits per heavy atom. The molecule has 1 N–H and O–H groups in total. The van der Waals surface area contributed by atoms with Gasteiger partial charge in [-0.2, -0.15) is 24.9 Å². The second-order valence-corrected chi connectivity index (χ2v) is 14.2. The number of anilines is 2. The summed E-state index contributed by atoms with van der Waals surface area (Å²) in [7, 11) is 6.43. The molecule has 0 aliphatic carbocycles. The quantitative estimate of drug-likeness (QED) is 0.0879. The van der Waals surface area contributed by atoms with Crippen LogP contribution in [0.2, 0.25) is 0 Å². The number of aromatic nitrogens is 9. The van der Waals surface area contributed by atoms with Crippen molar-refractivity contribution < 1.29 is 23.5 Å². The Morgan fingerprint density at radius 1 is 0.532 bits per heavy atom. The second-order valence-electron chi connectivity index (χ2n) is 14.2. The average Bonchev–Trinajstić information content (AvgIpc) is 3.98. The van der Waals surface area contributed by atoms with Crippen LogP contribution >= 0.6 is 0 Å². The van der Waals surface area contributed by atoms with Crippen molar-refractivity contribution in [2.75, 3.05) is 51.5 Å². The standard InChI is InChI=1S/C46H45N11O5/c1-29-47-43(54-53-29)35-11-7-9-33(25-35)39-27-41(51-45(49-39)60-5)56(23-21-31-13-17-37(58-3)18-14-31)57(24-22-32-15-19-38(59-4)20-16-32)42-28-40(50-46(52-42)61-6)34-10-8-12-36(26-34)44-48-30(2)55-62-44/h7-20,25-28H,21-24H2,1-6H3,(H,47,53,54). The number of H-pyrrole nitrogens is 1. The van der Waals surface area contributed by atoms with Gasteiger partial charge in [-0.05, 0) is 80.3 Å². The predicted molar refractivity (Wildman–Crippen MR) is 234 cm³/mol. The molecule has 8 rings (SSSR count). The molecular formula is C46H45N11O5. The number of hydrazine groups is 1. The van der Waals surface area contributed by atoms with E-state index in [1.807, 2.05) is 91.9 Å². The van der Waals surface area contributed by atoms with Gasteiger partial charge < -0.3 is 28.5 Å². The van der Waals surface area contributed by atoms with Crippen LogP contribution in [0.15, 0.2) is 114 Å². The minimum Gasteiger partial charge on any atom is -0.497 e. The summed E-state index contributed by atoms with van der Waals surface area (Å²) < 4.78 is 28.0. The molecule has 0 aliphatic rings. The maximum absolute atomic E-state index is 5.79. The first-order valence-electron chi connectivity index (χ1n) is 19.9. The Kier molecular flexibility index (Phi) is 12.3. The topological polar surface area (TPSA) is 175 Å². The van der Waals surface area contributed by atoms with Crippen LogP contribution in [-0.2, 0) is 12.8 Å². The molecule has 0 saturated carbocycles. The lowest BCUT2D eigenvalue weighted by Crippen LogP contribution is -2.46. The van der Waals surface area contributed by atoms with Crippen molar-refractivity contribution in [1.82, 2.24) is 45.3 Å². The molecule has 0 aliphatic heterocycles. The number of benzene rings is 4. The van der Waals surface area contributed by atoms with Gasteiger partial charge in [-0.25, -0.2) is 0 Å². The third-order valence-corrected chi connectivity index (χ3v) is 10.1. The van der Waals surface area contributed by atoms with E-state index >= 15 is 0 Å². The Balaban J connectivity index is 1.27. The average molecular weight is 832 g/mol.